The molecule has 114 valence electrons. The minimum atomic E-state index is -1.84. The SMILES string of the molecule is CC1(C)SC(C(NC(=O)C(N)O)C(=O)O)NC1C(=O)O. The van der Waals surface area contributed by atoms with Gasteiger partial charge in [0.15, 0.2) is 12.3 Å². The molecule has 0 aliphatic carbocycles. The fourth-order valence-electron chi connectivity index (χ4n) is 1.83. The molecule has 0 aromatic rings. The normalized spacial score (nSPS) is 27.6. The zero-order valence-electron chi connectivity index (χ0n) is 10.9. The minimum Gasteiger partial charge on any atom is -0.480 e. The van der Waals surface area contributed by atoms with Gasteiger partial charge in [-0.3, -0.25) is 20.6 Å². The molecular weight excluding hydrogens is 290 g/mol. The lowest BCUT2D eigenvalue weighted by Crippen LogP contribution is -2.56. The fourth-order valence-corrected chi connectivity index (χ4v) is 3.32. The first-order valence-electron chi connectivity index (χ1n) is 5.70. The van der Waals surface area contributed by atoms with E-state index >= 15 is 0 Å². The van der Waals surface area contributed by atoms with Gasteiger partial charge in [-0.2, -0.15) is 0 Å². The van der Waals surface area contributed by atoms with Crippen LogP contribution in [-0.4, -0.2) is 61.6 Å². The Balaban J connectivity index is 2.88. The minimum absolute atomic E-state index is 0.754. The number of carbonyl (C=O) groups is 3. The number of aliphatic carboxylic acids is 2. The van der Waals surface area contributed by atoms with Gasteiger partial charge in [0.1, 0.15) is 6.04 Å². The topological polar surface area (TPSA) is 162 Å². The molecule has 20 heavy (non-hydrogen) atoms. The molecule has 7 N–H and O–H groups in total. The lowest BCUT2D eigenvalue weighted by molar-refractivity contribution is -0.144. The van der Waals surface area contributed by atoms with Crippen LogP contribution in [0.2, 0.25) is 0 Å². The van der Waals surface area contributed by atoms with Crippen molar-refractivity contribution in [1.29, 1.82) is 0 Å². The molecule has 1 amide bonds. The summed E-state index contributed by atoms with van der Waals surface area (Å²) in [6.07, 6.45) is -1.84. The Bertz CT molecular complexity index is 427. The van der Waals surface area contributed by atoms with Gasteiger partial charge in [-0.25, -0.2) is 4.79 Å². The van der Waals surface area contributed by atoms with Crippen molar-refractivity contribution in [2.24, 2.45) is 5.73 Å². The molecule has 1 rings (SSSR count). The Morgan fingerprint density at radius 1 is 1.35 bits per heavy atom. The number of nitrogens with one attached hydrogen (secondary N) is 2. The first-order chi connectivity index (χ1) is 9.06. The van der Waals surface area contributed by atoms with Crippen LogP contribution in [0.1, 0.15) is 13.8 Å². The second kappa shape index (κ2) is 5.95. The number of aliphatic hydroxyl groups excluding tert-OH is 1. The highest BCUT2D eigenvalue weighted by Crippen LogP contribution is 2.39. The molecule has 1 heterocycles. The second-order valence-electron chi connectivity index (χ2n) is 4.85. The van der Waals surface area contributed by atoms with Gasteiger partial charge in [-0.15, -0.1) is 11.8 Å². The predicted molar refractivity (Wildman–Crippen MR) is 69.8 cm³/mol. The summed E-state index contributed by atoms with van der Waals surface area (Å²) in [7, 11) is 0. The van der Waals surface area contributed by atoms with Gasteiger partial charge in [0, 0.05) is 4.75 Å². The molecule has 1 aliphatic heterocycles. The molecule has 0 radical (unpaired) electrons. The summed E-state index contributed by atoms with van der Waals surface area (Å²) < 4.78 is -0.754. The van der Waals surface area contributed by atoms with E-state index in [1.165, 1.54) is 0 Å². The quantitative estimate of drug-likeness (QED) is 0.307. The number of hydrogen-bond donors (Lipinski definition) is 6. The van der Waals surface area contributed by atoms with Crippen molar-refractivity contribution in [3.63, 3.8) is 0 Å². The fraction of sp³-hybridized carbons (Fsp3) is 0.700. The Hall–Kier alpha value is -1.36. The lowest BCUT2D eigenvalue weighted by atomic mass is 10.0. The number of rotatable bonds is 5. The van der Waals surface area contributed by atoms with Crippen molar-refractivity contribution in [2.75, 3.05) is 0 Å². The van der Waals surface area contributed by atoms with Crippen LogP contribution in [0.3, 0.4) is 0 Å². The van der Waals surface area contributed by atoms with Crippen molar-refractivity contribution in [2.45, 2.75) is 42.3 Å². The van der Waals surface area contributed by atoms with Crippen molar-refractivity contribution >= 4 is 29.6 Å². The van der Waals surface area contributed by atoms with E-state index < -0.39 is 46.3 Å². The summed E-state index contributed by atoms with van der Waals surface area (Å²) in [5.74, 6) is -3.51. The average Bonchev–Trinajstić information content (AvgIpc) is 2.60. The van der Waals surface area contributed by atoms with E-state index in [9.17, 15) is 14.4 Å². The molecule has 1 fully saturated rings. The van der Waals surface area contributed by atoms with E-state index in [2.05, 4.69) is 10.6 Å². The van der Waals surface area contributed by atoms with Crippen molar-refractivity contribution < 1.29 is 29.7 Å². The smallest absolute Gasteiger partial charge is 0.328 e. The van der Waals surface area contributed by atoms with Crippen molar-refractivity contribution in [3.8, 4) is 0 Å². The number of carbonyl (C=O) groups excluding carboxylic acids is 1. The Labute approximate surface area is 118 Å². The summed E-state index contributed by atoms with van der Waals surface area (Å²) in [5.41, 5.74) is 4.94. The number of carboxylic acid groups (broad SMARTS) is 2. The van der Waals surface area contributed by atoms with E-state index in [4.69, 9.17) is 21.1 Å². The third-order valence-electron chi connectivity index (χ3n) is 2.84. The lowest BCUT2D eigenvalue weighted by Gasteiger charge is -2.22. The van der Waals surface area contributed by atoms with Crippen LogP contribution in [0.5, 0.6) is 0 Å². The van der Waals surface area contributed by atoms with Gasteiger partial charge in [-0.05, 0) is 13.8 Å². The highest BCUT2D eigenvalue weighted by Gasteiger charge is 2.49. The van der Waals surface area contributed by atoms with Crippen molar-refractivity contribution in [3.05, 3.63) is 0 Å². The molecule has 1 saturated heterocycles. The molecule has 0 aromatic carbocycles. The highest BCUT2D eigenvalue weighted by molar-refractivity contribution is 8.01. The molecular formula is C10H17N3O6S. The van der Waals surface area contributed by atoms with E-state index in [0.29, 0.717) is 0 Å². The Morgan fingerprint density at radius 2 is 1.90 bits per heavy atom. The van der Waals surface area contributed by atoms with Crippen LogP contribution in [0.15, 0.2) is 0 Å². The molecule has 4 atom stereocenters. The van der Waals surface area contributed by atoms with Gasteiger partial charge in [0.2, 0.25) is 0 Å². The van der Waals surface area contributed by atoms with Gasteiger partial charge < -0.3 is 20.6 Å². The van der Waals surface area contributed by atoms with Crippen LogP contribution < -0.4 is 16.4 Å². The summed E-state index contributed by atoms with van der Waals surface area (Å²) in [6, 6.07) is -2.37. The zero-order valence-corrected chi connectivity index (χ0v) is 11.7. The van der Waals surface area contributed by atoms with Crippen molar-refractivity contribution in [1.82, 2.24) is 10.6 Å². The maximum Gasteiger partial charge on any atom is 0.328 e. The molecule has 4 unspecified atom stereocenters. The molecule has 0 saturated carbocycles. The largest absolute Gasteiger partial charge is 0.480 e. The van der Waals surface area contributed by atoms with E-state index in [1.54, 1.807) is 13.8 Å². The third-order valence-corrected chi connectivity index (χ3v) is 4.34. The second-order valence-corrected chi connectivity index (χ2v) is 6.64. The summed E-state index contributed by atoms with van der Waals surface area (Å²) in [4.78, 5) is 33.6. The number of thioether (sulfide) groups is 1. The van der Waals surface area contributed by atoms with E-state index in [-0.39, 0.29) is 0 Å². The van der Waals surface area contributed by atoms with Crippen LogP contribution in [0, 0.1) is 0 Å². The summed E-state index contributed by atoms with van der Waals surface area (Å²) in [5, 5.41) is 31.0. The van der Waals surface area contributed by atoms with Crippen LogP contribution >= 0.6 is 11.8 Å². The average molecular weight is 307 g/mol. The van der Waals surface area contributed by atoms with Gasteiger partial charge >= 0.3 is 11.9 Å². The van der Waals surface area contributed by atoms with Gasteiger partial charge in [0.05, 0.1) is 5.37 Å². The first-order valence-corrected chi connectivity index (χ1v) is 6.57. The zero-order chi connectivity index (χ0) is 15.7. The van der Waals surface area contributed by atoms with E-state index in [0.717, 1.165) is 11.8 Å². The van der Waals surface area contributed by atoms with Crippen LogP contribution in [-0.2, 0) is 14.4 Å². The third kappa shape index (κ3) is 3.60. The Kier molecular flexibility index (Phi) is 4.97. The monoisotopic (exact) mass is 307 g/mol. The molecule has 9 nitrogen and oxygen atoms in total. The highest BCUT2D eigenvalue weighted by atomic mass is 32.2. The van der Waals surface area contributed by atoms with Gasteiger partial charge in [0.25, 0.3) is 5.91 Å². The molecule has 10 heteroatoms. The number of hydrogen-bond acceptors (Lipinski definition) is 7. The van der Waals surface area contributed by atoms with E-state index in [1.807, 2.05) is 0 Å². The number of aliphatic hydroxyl groups is 1. The van der Waals surface area contributed by atoms with Crippen LogP contribution in [0.4, 0.5) is 0 Å². The Morgan fingerprint density at radius 3 is 2.25 bits per heavy atom. The first kappa shape index (κ1) is 16.7. The standard InChI is InChI=1S/C10H17N3O6S/c1-10(2)4(9(18)19)13-7(20-10)3(8(16)17)12-6(15)5(11)14/h3-5,7,13-14H,11H2,1-2H3,(H,12,15)(H,16,17)(H,18,19). The van der Waals surface area contributed by atoms with Gasteiger partial charge in [-0.1, -0.05) is 0 Å². The molecule has 1 aliphatic rings. The number of amides is 1. The molecule has 0 aromatic heterocycles. The maximum atomic E-state index is 11.3. The summed E-state index contributed by atoms with van der Waals surface area (Å²) >= 11 is 1.08. The number of carboxylic acids is 2. The molecule has 0 spiro atoms. The number of nitrogens with two attached hydrogens (primary N) is 1. The predicted octanol–water partition coefficient (Wildman–Crippen LogP) is -2.27. The summed E-state index contributed by atoms with van der Waals surface area (Å²) in [6.45, 7) is 3.31. The molecule has 0 bridgehead atoms. The van der Waals surface area contributed by atoms with Crippen LogP contribution in [0.25, 0.3) is 0 Å². The maximum absolute atomic E-state index is 11.3.